The van der Waals surface area contributed by atoms with Crippen LogP contribution in [-0.2, 0) is 11.2 Å². The zero-order valence-electron chi connectivity index (χ0n) is 14.1. The van der Waals surface area contributed by atoms with Gasteiger partial charge in [-0.3, -0.25) is 14.8 Å². The molecule has 8 heteroatoms. The zero-order chi connectivity index (χ0) is 17.0. The van der Waals surface area contributed by atoms with Crippen molar-refractivity contribution in [2.75, 3.05) is 25.0 Å². The first kappa shape index (κ1) is 20.8. The van der Waals surface area contributed by atoms with Gasteiger partial charge in [0.2, 0.25) is 5.91 Å². The number of amides is 1. The lowest BCUT2D eigenvalue weighted by atomic mass is 10.3. The number of nitrogens with one attached hydrogen (secondary N) is 3. The van der Waals surface area contributed by atoms with E-state index < -0.39 is 0 Å². The van der Waals surface area contributed by atoms with Crippen LogP contribution in [0, 0.1) is 0 Å². The summed E-state index contributed by atoms with van der Waals surface area (Å²) < 4.78 is 0. The third-order valence-electron chi connectivity index (χ3n) is 3.07. The van der Waals surface area contributed by atoms with Crippen LogP contribution in [0.1, 0.15) is 12.6 Å². The number of aromatic nitrogens is 2. The van der Waals surface area contributed by atoms with Gasteiger partial charge >= 0.3 is 0 Å². The zero-order valence-corrected chi connectivity index (χ0v) is 16.4. The summed E-state index contributed by atoms with van der Waals surface area (Å²) >= 11 is 0. The van der Waals surface area contributed by atoms with E-state index >= 15 is 0 Å². The summed E-state index contributed by atoms with van der Waals surface area (Å²) in [5.41, 5.74) is 1.67. The second-order valence-corrected chi connectivity index (χ2v) is 4.98. The number of guanidine groups is 1. The molecular weight excluding hydrogens is 431 g/mol. The smallest absolute Gasteiger partial charge is 0.246 e. The van der Waals surface area contributed by atoms with Crippen LogP contribution in [0.5, 0.6) is 0 Å². The Morgan fingerprint density at radius 1 is 1.16 bits per heavy atom. The van der Waals surface area contributed by atoms with Gasteiger partial charge in [-0.1, -0.05) is 6.07 Å². The predicted molar refractivity (Wildman–Crippen MR) is 110 cm³/mol. The van der Waals surface area contributed by atoms with Gasteiger partial charge in [0, 0.05) is 37.6 Å². The molecule has 2 rings (SSSR count). The maximum absolute atomic E-state index is 11.9. The Kier molecular flexibility index (Phi) is 10.1. The number of carbonyl (C=O) groups excluding carboxylic acids is 1. The molecule has 0 aromatic carbocycles. The SMILES string of the molecule is CCNC(=NCC(=O)Nc1cccnc1)NCCc1ccccn1.I. The molecule has 0 radical (unpaired) electrons. The van der Waals surface area contributed by atoms with Crippen molar-refractivity contribution in [1.29, 1.82) is 0 Å². The molecule has 3 N–H and O–H groups in total. The Labute approximate surface area is 164 Å². The van der Waals surface area contributed by atoms with Crippen molar-refractivity contribution in [2.24, 2.45) is 4.99 Å². The molecule has 0 aliphatic heterocycles. The highest BCUT2D eigenvalue weighted by molar-refractivity contribution is 14.0. The maximum Gasteiger partial charge on any atom is 0.246 e. The first-order valence-electron chi connectivity index (χ1n) is 7.90. The van der Waals surface area contributed by atoms with E-state index in [0.717, 1.165) is 18.7 Å². The molecule has 0 aliphatic rings. The summed E-state index contributed by atoms with van der Waals surface area (Å²) in [7, 11) is 0. The fraction of sp³-hybridized carbons (Fsp3) is 0.294. The molecule has 134 valence electrons. The highest BCUT2D eigenvalue weighted by Crippen LogP contribution is 2.01. The van der Waals surface area contributed by atoms with Gasteiger partial charge in [0.25, 0.3) is 0 Å². The third-order valence-corrected chi connectivity index (χ3v) is 3.07. The van der Waals surface area contributed by atoms with Gasteiger partial charge in [0.05, 0.1) is 11.9 Å². The van der Waals surface area contributed by atoms with E-state index in [9.17, 15) is 4.79 Å². The van der Waals surface area contributed by atoms with Crippen LogP contribution in [0.2, 0.25) is 0 Å². The lowest BCUT2D eigenvalue weighted by Crippen LogP contribution is -2.39. The lowest BCUT2D eigenvalue weighted by Gasteiger charge is -2.11. The van der Waals surface area contributed by atoms with Gasteiger partial charge in [-0.15, -0.1) is 24.0 Å². The summed E-state index contributed by atoms with van der Waals surface area (Å²) in [5, 5.41) is 9.06. The Balaban J connectivity index is 0.00000312. The third kappa shape index (κ3) is 8.43. The van der Waals surface area contributed by atoms with E-state index in [1.165, 1.54) is 0 Å². The van der Waals surface area contributed by atoms with Gasteiger partial charge in [-0.2, -0.15) is 0 Å². The molecule has 2 heterocycles. The minimum atomic E-state index is -0.190. The average molecular weight is 454 g/mol. The molecule has 0 atom stereocenters. The van der Waals surface area contributed by atoms with Gasteiger partial charge in [0.15, 0.2) is 5.96 Å². The first-order chi connectivity index (χ1) is 11.8. The van der Waals surface area contributed by atoms with Crippen LogP contribution < -0.4 is 16.0 Å². The van der Waals surface area contributed by atoms with E-state index in [1.807, 2.05) is 25.1 Å². The van der Waals surface area contributed by atoms with Crippen LogP contribution in [-0.4, -0.2) is 41.5 Å². The van der Waals surface area contributed by atoms with Crippen LogP contribution >= 0.6 is 24.0 Å². The Bertz CT molecular complexity index is 651. The average Bonchev–Trinajstić information content (AvgIpc) is 2.61. The maximum atomic E-state index is 11.9. The van der Waals surface area contributed by atoms with Crippen LogP contribution in [0.3, 0.4) is 0 Å². The molecule has 0 aliphatic carbocycles. The number of carbonyl (C=O) groups is 1. The molecule has 0 saturated heterocycles. The first-order valence-corrected chi connectivity index (χ1v) is 7.90. The predicted octanol–water partition coefficient (Wildman–Crippen LogP) is 1.83. The minimum absolute atomic E-state index is 0. The van der Waals surface area contributed by atoms with Crippen LogP contribution in [0.25, 0.3) is 0 Å². The molecule has 0 saturated carbocycles. The summed E-state index contributed by atoms with van der Waals surface area (Å²) in [6.07, 6.45) is 5.81. The van der Waals surface area contributed by atoms with Crippen molar-refractivity contribution in [3.05, 3.63) is 54.6 Å². The quantitative estimate of drug-likeness (QED) is 0.338. The van der Waals surface area contributed by atoms with E-state index in [-0.39, 0.29) is 36.4 Å². The minimum Gasteiger partial charge on any atom is -0.357 e. The Morgan fingerprint density at radius 2 is 2.04 bits per heavy atom. The van der Waals surface area contributed by atoms with Crippen LogP contribution in [0.4, 0.5) is 5.69 Å². The van der Waals surface area contributed by atoms with Crippen molar-refractivity contribution in [1.82, 2.24) is 20.6 Å². The summed E-state index contributed by atoms with van der Waals surface area (Å²) in [4.78, 5) is 24.4. The second-order valence-electron chi connectivity index (χ2n) is 4.98. The fourth-order valence-corrected chi connectivity index (χ4v) is 1.98. The number of pyridine rings is 2. The highest BCUT2D eigenvalue weighted by atomic mass is 127. The summed E-state index contributed by atoms with van der Waals surface area (Å²) in [6.45, 7) is 3.42. The summed E-state index contributed by atoms with van der Waals surface area (Å²) in [5.74, 6) is 0.416. The van der Waals surface area contributed by atoms with Crippen molar-refractivity contribution in [2.45, 2.75) is 13.3 Å². The number of rotatable bonds is 7. The molecule has 0 bridgehead atoms. The molecule has 1 amide bonds. The molecule has 0 fully saturated rings. The Hall–Kier alpha value is -2.23. The van der Waals surface area contributed by atoms with E-state index in [2.05, 4.69) is 30.9 Å². The largest absolute Gasteiger partial charge is 0.357 e. The molecule has 2 aromatic rings. The molecule has 25 heavy (non-hydrogen) atoms. The fourth-order valence-electron chi connectivity index (χ4n) is 1.98. The van der Waals surface area contributed by atoms with E-state index in [4.69, 9.17) is 0 Å². The van der Waals surface area contributed by atoms with Gasteiger partial charge < -0.3 is 16.0 Å². The monoisotopic (exact) mass is 454 g/mol. The molecule has 2 aromatic heterocycles. The number of aliphatic imine (C=N–C) groups is 1. The molecule has 0 unspecified atom stereocenters. The van der Waals surface area contributed by atoms with Gasteiger partial charge in [0.1, 0.15) is 6.54 Å². The van der Waals surface area contributed by atoms with Gasteiger partial charge in [-0.25, -0.2) is 4.99 Å². The number of hydrogen-bond acceptors (Lipinski definition) is 4. The Morgan fingerprint density at radius 3 is 2.72 bits per heavy atom. The number of nitrogens with zero attached hydrogens (tertiary/aromatic N) is 3. The molecule has 7 nitrogen and oxygen atoms in total. The van der Waals surface area contributed by atoms with Crippen molar-refractivity contribution >= 4 is 41.5 Å². The summed E-state index contributed by atoms with van der Waals surface area (Å²) in [6, 6.07) is 9.38. The molecule has 0 spiro atoms. The standard InChI is InChI=1S/C17H22N6O.HI/c1-2-19-17(21-11-8-14-6-3-4-10-20-14)22-13-16(24)23-15-7-5-9-18-12-15;/h3-7,9-10,12H,2,8,11,13H2,1H3,(H,23,24)(H2,19,21,22);1H. The van der Waals surface area contributed by atoms with Gasteiger partial charge in [-0.05, 0) is 31.2 Å². The highest BCUT2D eigenvalue weighted by Gasteiger charge is 2.03. The van der Waals surface area contributed by atoms with Crippen LogP contribution in [0.15, 0.2) is 53.9 Å². The number of hydrogen-bond donors (Lipinski definition) is 3. The van der Waals surface area contributed by atoms with Crippen molar-refractivity contribution < 1.29 is 4.79 Å². The topological polar surface area (TPSA) is 91.3 Å². The molecular formula is C17H23IN6O. The number of halogens is 1. The number of anilines is 1. The lowest BCUT2D eigenvalue weighted by molar-refractivity contribution is -0.114. The van der Waals surface area contributed by atoms with E-state index in [0.29, 0.717) is 18.2 Å². The van der Waals surface area contributed by atoms with Crippen molar-refractivity contribution in [3.8, 4) is 0 Å². The normalized spacial score (nSPS) is 10.5. The van der Waals surface area contributed by atoms with E-state index in [1.54, 1.807) is 30.7 Å². The second kappa shape index (κ2) is 12.2. The van der Waals surface area contributed by atoms with Crippen molar-refractivity contribution in [3.63, 3.8) is 0 Å².